The lowest BCUT2D eigenvalue weighted by atomic mass is 10.1. The summed E-state index contributed by atoms with van der Waals surface area (Å²) in [6, 6.07) is 6.07. The standard InChI is InChI=1S/C19H12F6N6O/c1-30(2)17(32)31(16-8-14(19(23,24)25)6-4-12(16)10-27)29-28-15-7-13(18(20,21)22)5-3-11(15)9-26/h3-8H,1-2H3/b29-28+. The summed E-state index contributed by atoms with van der Waals surface area (Å²) in [7, 11) is 2.46. The second kappa shape index (κ2) is 8.93. The molecule has 0 unspecified atom stereocenters. The molecule has 2 amide bonds. The van der Waals surface area contributed by atoms with Crippen molar-refractivity contribution in [2.75, 3.05) is 19.1 Å². The lowest BCUT2D eigenvalue weighted by Gasteiger charge is -2.22. The molecule has 32 heavy (non-hydrogen) atoms. The zero-order chi connectivity index (χ0) is 24.3. The zero-order valence-corrected chi connectivity index (χ0v) is 16.3. The molecule has 0 aliphatic rings. The van der Waals surface area contributed by atoms with Gasteiger partial charge in [-0.2, -0.15) is 41.9 Å². The summed E-state index contributed by atoms with van der Waals surface area (Å²) >= 11 is 0. The van der Waals surface area contributed by atoms with E-state index in [0.29, 0.717) is 29.3 Å². The first-order chi connectivity index (χ1) is 14.8. The zero-order valence-electron chi connectivity index (χ0n) is 16.3. The Morgan fingerprint density at radius 1 is 0.875 bits per heavy atom. The molecule has 166 valence electrons. The highest BCUT2D eigenvalue weighted by Crippen LogP contribution is 2.35. The summed E-state index contributed by atoms with van der Waals surface area (Å²) < 4.78 is 78.4. The topological polar surface area (TPSA) is 95.8 Å². The Balaban J connectivity index is 2.68. The SMILES string of the molecule is CN(C)C(=O)N(/N=N/c1cc(C(F)(F)F)ccc1C#N)c1cc(C(F)(F)F)ccc1C#N. The Bertz CT molecular complexity index is 1140. The van der Waals surface area contributed by atoms with Gasteiger partial charge in [0.25, 0.3) is 0 Å². The van der Waals surface area contributed by atoms with Crippen LogP contribution in [0.25, 0.3) is 0 Å². The van der Waals surface area contributed by atoms with Crippen molar-refractivity contribution in [3.05, 3.63) is 58.7 Å². The quantitative estimate of drug-likeness (QED) is 0.340. The molecule has 2 aromatic rings. The van der Waals surface area contributed by atoms with Crippen LogP contribution in [0.3, 0.4) is 0 Å². The van der Waals surface area contributed by atoms with Crippen LogP contribution < -0.4 is 5.01 Å². The Morgan fingerprint density at radius 3 is 1.84 bits per heavy atom. The van der Waals surface area contributed by atoms with E-state index in [4.69, 9.17) is 5.26 Å². The number of hydrogen-bond donors (Lipinski definition) is 0. The van der Waals surface area contributed by atoms with Crippen LogP contribution in [0.2, 0.25) is 0 Å². The van der Waals surface area contributed by atoms with Gasteiger partial charge in [-0.05, 0) is 36.4 Å². The van der Waals surface area contributed by atoms with Crippen molar-refractivity contribution in [2.45, 2.75) is 12.4 Å². The van der Waals surface area contributed by atoms with Gasteiger partial charge in [-0.25, -0.2) is 4.79 Å². The number of nitriles is 2. The van der Waals surface area contributed by atoms with Gasteiger partial charge in [0.05, 0.1) is 27.9 Å². The molecule has 0 bridgehead atoms. The van der Waals surface area contributed by atoms with Crippen LogP contribution in [-0.4, -0.2) is 25.0 Å². The summed E-state index contributed by atoms with van der Waals surface area (Å²) in [6.07, 6.45) is -9.59. The van der Waals surface area contributed by atoms with E-state index in [-0.39, 0.29) is 11.1 Å². The van der Waals surface area contributed by atoms with Crippen LogP contribution in [0.4, 0.5) is 42.5 Å². The van der Waals surface area contributed by atoms with Crippen molar-refractivity contribution < 1.29 is 31.1 Å². The number of benzene rings is 2. The third-order valence-corrected chi connectivity index (χ3v) is 3.92. The number of nitrogens with zero attached hydrogens (tertiary/aromatic N) is 6. The molecule has 0 spiro atoms. The van der Waals surface area contributed by atoms with Gasteiger partial charge >= 0.3 is 18.4 Å². The van der Waals surface area contributed by atoms with Crippen LogP contribution in [0, 0.1) is 22.7 Å². The van der Waals surface area contributed by atoms with Gasteiger partial charge < -0.3 is 4.90 Å². The number of anilines is 1. The molecule has 0 heterocycles. The van der Waals surface area contributed by atoms with Crippen molar-refractivity contribution in [3.63, 3.8) is 0 Å². The molecule has 7 nitrogen and oxygen atoms in total. The maximum atomic E-state index is 13.1. The van der Waals surface area contributed by atoms with Crippen LogP contribution >= 0.6 is 0 Å². The molecule has 13 heteroatoms. The fourth-order valence-electron chi connectivity index (χ4n) is 2.33. The Morgan fingerprint density at radius 2 is 1.38 bits per heavy atom. The average Bonchev–Trinajstić information content (AvgIpc) is 2.71. The van der Waals surface area contributed by atoms with Crippen molar-refractivity contribution in [1.29, 1.82) is 10.5 Å². The minimum absolute atomic E-state index is 0.329. The normalized spacial score (nSPS) is 11.7. The summed E-state index contributed by atoms with van der Waals surface area (Å²) in [5.74, 6) is 0. The van der Waals surface area contributed by atoms with Crippen LogP contribution in [0.5, 0.6) is 0 Å². The van der Waals surface area contributed by atoms with E-state index in [9.17, 15) is 36.4 Å². The average molecular weight is 454 g/mol. The van der Waals surface area contributed by atoms with Crippen molar-refractivity contribution in [1.82, 2.24) is 4.90 Å². The highest BCUT2D eigenvalue weighted by molar-refractivity contribution is 5.92. The smallest absolute Gasteiger partial charge is 0.329 e. The third kappa shape index (κ3) is 5.31. The van der Waals surface area contributed by atoms with E-state index >= 15 is 0 Å². The Kier molecular flexibility index (Phi) is 6.74. The van der Waals surface area contributed by atoms with Gasteiger partial charge in [0.1, 0.15) is 17.8 Å². The molecule has 0 aromatic heterocycles. The third-order valence-electron chi connectivity index (χ3n) is 3.92. The second-order valence-electron chi connectivity index (χ2n) is 6.36. The monoisotopic (exact) mass is 454 g/mol. The predicted octanol–water partition coefficient (Wildman–Crippen LogP) is 5.65. The maximum Gasteiger partial charge on any atom is 0.416 e. The number of hydrogen-bond acceptors (Lipinski definition) is 5. The minimum Gasteiger partial charge on any atom is -0.329 e. The molecule has 0 aliphatic carbocycles. The molecule has 0 atom stereocenters. The van der Waals surface area contributed by atoms with E-state index in [1.807, 2.05) is 0 Å². The fraction of sp³-hybridized carbons (Fsp3) is 0.211. The minimum atomic E-state index is -4.82. The van der Waals surface area contributed by atoms with Crippen LogP contribution in [0.1, 0.15) is 22.3 Å². The number of urea groups is 1. The first-order valence-electron chi connectivity index (χ1n) is 8.45. The van der Waals surface area contributed by atoms with E-state index < -0.39 is 40.9 Å². The number of rotatable bonds is 3. The highest BCUT2D eigenvalue weighted by Gasteiger charge is 2.33. The number of amides is 2. The second-order valence-corrected chi connectivity index (χ2v) is 6.36. The van der Waals surface area contributed by atoms with Gasteiger partial charge in [-0.1, -0.05) is 5.22 Å². The molecule has 2 rings (SSSR count). The van der Waals surface area contributed by atoms with Gasteiger partial charge in [-0.15, -0.1) is 5.11 Å². The Hall–Kier alpha value is -4.13. The van der Waals surface area contributed by atoms with Gasteiger partial charge in [0.15, 0.2) is 0 Å². The van der Waals surface area contributed by atoms with Crippen molar-refractivity contribution in [3.8, 4) is 12.1 Å². The number of alkyl halides is 6. The lowest BCUT2D eigenvalue weighted by Crippen LogP contribution is -2.36. The van der Waals surface area contributed by atoms with Gasteiger partial charge in [-0.3, -0.25) is 0 Å². The first kappa shape index (κ1) is 24.1. The summed E-state index contributed by atoms with van der Waals surface area (Å²) in [6.45, 7) is 0. The van der Waals surface area contributed by atoms with Crippen LogP contribution in [-0.2, 0) is 12.4 Å². The summed E-state index contributed by atoms with van der Waals surface area (Å²) in [4.78, 5) is 13.4. The van der Waals surface area contributed by atoms with E-state index in [1.165, 1.54) is 14.1 Å². The predicted molar refractivity (Wildman–Crippen MR) is 98.4 cm³/mol. The number of carbonyl (C=O) groups is 1. The lowest BCUT2D eigenvalue weighted by molar-refractivity contribution is -0.138. The highest BCUT2D eigenvalue weighted by atomic mass is 19.4. The summed E-state index contributed by atoms with van der Waals surface area (Å²) in [5, 5.41) is 25.7. The Labute approximate surface area is 177 Å². The molecule has 0 saturated heterocycles. The number of halogens is 6. The van der Waals surface area contributed by atoms with Crippen molar-refractivity contribution in [2.24, 2.45) is 10.3 Å². The molecule has 2 aromatic carbocycles. The van der Waals surface area contributed by atoms with Crippen molar-refractivity contribution >= 4 is 17.4 Å². The largest absolute Gasteiger partial charge is 0.416 e. The van der Waals surface area contributed by atoms with Gasteiger partial charge in [0, 0.05) is 14.1 Å². The molecule has 0 saturated carbocycles. The summed E-state index contributed by atoms with van der Waals surface area (Å²) in [5.41, 5.74) is -4.25. The molecule has 0 N–H and O–H groups in total. The van der Waals surface area contributed by atoms with E-state index in [0.717, 1.165) is 17.0 Å². The number of carbonyl (C=O) groups excluding carboxylic acids is 1. The first-order valence-corrected chi connectivity index (χ1v) is 8.45. The maximum absolute atomic E-state index is 13.1. The van der Waals surface area contributed by atoms with E-state index in [1.54, 1.807) is 12.1 Å². The molecule has 0 fully saturated rings. The molecule has 0 aliphatic heterocycles. The molecular weight excluding hydrogens is 442 g/mol. The molecule has 0 radical (unpaired) electrons. The van der Waals surface area contributed by atoms with Gasteiger partial charge in [0.2, 0.25) is 0 Å². The fourth-order valence-corrected chi connectivity index (χ4v) is 2.33. The molecular formula is C19H12F6N6O. The van der Waals surface area contributed by atoms with E-state index in [2.05, 4.69) is 10.3 Å². The van der Waals surface area contributed by atoms with Crippen LogP contribution in [0.15, 0.2) is 46.7 Å².